The molecule has 0 rings (SSSR count). The number of carboxylic acid groups (broad SMARTS) is 1. The zero-order valence-electron chi connectivity index (χ0n) is 32.7. The van der Waals surface area contributed by atoms with E-state index < -0.39 is 5.97 Å². The molecule has 3 amide bonds. The van der Waals surface area contributed by atoms with Gasteiger partial charge in [-0.15, -0.1) is 0 Å². The summed E-state index contributed by atoms with van der Waals surface area (Å²) in [4.78, 5) is 57.8. The monoisotopic (exact) mass is 760 g/mol. The lowest BCUT2D eigenvalue weighted by molar-refractivity contribution is -0.137. The summed E-state index contributed by atoms with van der Waals surface area (Å²) >= 11 is 0. The fourth-order valence-corrected chi connectivity index (χ4v) is 5.48. The molecule has 0 aromatic rings. The fraction of sp³-hybridized carbons (Fsp3) is 0.868. The number of rotatable bonds is 41. The van der Waals surface area contributed by atoms with E-state index in [-0.39, 0.29) is 62.5 Å². The number of carbonyl (C=O) groups excluding carboxylic acids is 4. The molecule has 15 nitrogen and oxygen atoms in total. The molecular formula is C38H73N5O10. The maximum atomic E-state index is 12.0. The SMILES string of the molecule is CN[C@@H](CCCCNC(=O)COCCOCCNC(=O)COCCOCCNC(=O)CCCCCCCCCCCCCCCCC(=O)O)C(=O)CN. The van der Waals surface area contributed by atoms with Crippen molar-refractivity contribution in [2.24, 2.45) is 5.73 Å². The lowest BCUT2D eigenvalue weighted by Crippen LogP contribution is -2.38. The molecule has 0 saturated carbocycles. The molecule has 0 aliphatic heterocycles. The average molecular weight is 760 g/mol. The van der Waals surface area contributed by atoms with Crippen molar-refractivity contribution in [3.8, 4) is 0 Å². The summed E-state index contributed by atoms with van der Waals surface area (Å²) in [6, 6.07) is -0.244. The number of nitrogens with two attached hydrogens (primary N) is 1. The zero-order chi connectivity index (χ0) is 39.0. The number of carbonyl (C=O) groups is 5. The van der Waals surface area contributed by atoms with Gasteiger partial charge in [0, 0.05) is 32.5 Å². The third kappa shape index (κ3) is 37.4. The number of nitrogens with one attached hydrogen (secondary N) is 4. The van der Waals surface area contributed by atoms with Gasteiger partial charge in [-0.05, 0) is 39.2 Å². The molecule has 0 aliphatic rings. The van der Waals surface area contributed by atoms with Gasteiger partial charge < -0.3 is 51.1 Å². The Morgan fingerprint density at radius 3 is 1.38 bits per heavy atom. The number of hydrogen-bond donors (Lipinski definition) is 6. The van der Waals surface area contributed by atoms with E-state index in [2.05, 4.69) is 21.3 Å². The van der Waals surface area contributed by atoms with Crippen molar-refractivity contribution in [1.29, 1.82) is 0 Å². The summed E-state index contributed by atoms with van der Waals surface area (Å²) in [6.07, 6.45) is 19.2. The predicted molar refractivity (Wildman–Crippen MR) is 205 cm³/mol. The predicted octanol–water partition coefficient (Wildman–Crippen LogP) is 3.01. The first-order valence-corrected chi connectivity index (χ1v) is 20.0. The van der Waals surface area contributed by atoms with Gasteiger partial charge in [0.25, 0.3) is 0 Å². The summed E-state index contributed by atoms with van der Waals surface area (Å²) in [5.74, 6) is -1.13. The molecule has 0 heterocycles. The van der Waals surface area contributed by atoms with Crippen LogP contribution in [0.1, 0.15) is 122 Å². The molecule has 310 valence electrons. The maximum Gasteiger partial charge on any atom is 0.303 e. The van der Waals surface area contributed by atoms with Crippen molar-refractivity contribution >= 4 is 29.5 Å². The number of aliphatic carboxylic acids is 1. The molecule has 1 atom stereocenters. The zero-order valence-corrected chi connectivity index (χ0v) is 32.7. The Hall–Kier alpha value is -2.69. The Morgan fingerprint density at radius 1 is 0.509 bits per heavy atom. The van der Waals surface area contributed by atoms with Crippen molar-refractivity contribution in [3.05, 3.63) is 0 Å². The van der Waals surface area contributed by atoms with E-state index in [9.17, 15) is 24.0 Å². The molecule has 0 unspecified atom stereocenters. The van der Waals surface area contributed by atoms with E-state index in [1.165, 1.54) is 57.8 Å². The highest BCUT2D eigenvalue weighted by Gasteiger charge is 2.13. The first-order valence-electron chi connectivity index (χ1n) is 20.0. The van der Waals surface area contributed by atoms with Gasteiger partial charge >= 0.3 is 5.97 Å². The number of unbranched alkanes of at least 4 members (excludes halogenated alkanes) is 14. The molecule has 0 radical (unpaired) electrons. The number of amides is 3. The van der Waals surface area contributed by atoms with Gasteiger partial charge in [0.05, 0.1) is 52.2 Å². The summed E-state index contributed by atoms with van der Waals surface area (Å²) < 4.78 is 21.5. The Kier molecular flexibility index (Phi) is 37.0. The minimum Gasteiger partial charge on any atom is -0.481 e. The second kappa shape index (κ2) is 39.0. The van der Waals surface area contributed by atoms with Crippen LogP contribution in [0, 0.1) is 0 Å². The molecule has 0 aliphatic carbocycles. The van der Waals surface area contributed by atoms with Crippen LogP contribution in [0.15, 0.2) is 0 Å². The van der Waals surface area contributed by atoms with Gasteiger partial charge in [-0.25, -0.2) is 0 Å². The first-order chi connectivity index (χ1) is 25.8. The average Bonchev–Trinajstić information content (AvgIpc) is 3.14. The van der Waals surface area contributed by atoms with Crippen LogP contribution < -0.4 is 27.0 Å². The van der Waals surface area contributed by atoms with Crippen molar-refractivity contribution in [1.82, 2.24) is 21.3 Å². The Morgan fingerprint density at radius 2 is 0.925 bits per heavy atom. The van der Waals surface area contributed by atoms with Crippen LogP contribution in [0.3, 0.4) is 0 Å². The van der Waals surface area contributed by atoms with Crippen LogP contribution in [-0.2, 0) is 42.9 Å². The van der Waals surface area contributed by atoms with E-state index in [0.717, 1.165) is 44.9 Å². The van der Waals surface area contributed by atoms with Gasteiger partial charge in [0.2, 0.25) is 17.7 Å². The highest BCUT2D eigenvalue weighted by Crippen LogP contribution is 2.13. The number of carboxylic acids is 1. The fourth-order valence-electron chi connectivity index (χ4n) is 5.48. The number of Topliss-reactive ketones (excluding diaryl/α,β-unsaturated/α-hetero) is 1. The van der Waals surface area contributed by atoms with E-state index in [0.29, 0.717) is 65.3 Å². The molecule has 15 heteroatoms. The van der Waals surface area contributed by atoms with E-state index in [1.807, 2.05) is 0 Å². The summed E-state index contributed by atoms with van der Waals surface area (Å²) in [6.45, 7) is 2.99. The van der Waals surface area contributed by atoms with Crippen molar-refractivity contribution in [3.63, 3.8) is 0 Å². The van der Waals surface area contributed by atoms with Crippen LogP contribution >= 0.6 is 0 Å². The van der Waals surface area contributed by atoms with E-state index >= 15 is 0 Å². The number of hydrogen-bond acceptors (Lipinski definition) is 11. The van der Waals surface area contributed by atoms with Gasteiger partial charge in [-0.1, -0.05) is 77.0 Å². The molecule has 0 spiro atoms. The van der Waals surface area contributed by atoms with Gasteiger partial charge in [0.1, 0.15) is 13.2 Å². The van der Waals surface area contributed by atoms with E-state index in [4.69, 9.17) is 29.8 Å². The smallest absolute Gasteiger partial charge is 0.303 e. The third-order valence-corrected chi connectivity index (χ3v) is 8.57. The molecular weight excluding hydrogens is 686 g/mol. The third-order valence-electron chi connectivity index (χ3n) is 8.57. The standard InChI is InChI=1S/C38H73N5O10/c1-40-33(34(44)30-39)18-16-17-21-41-36(46)31-52-28-27-51-25-23-43-37(47)32-53-29-26-50-24-22-42-35(45)19-14-12-10-8-6-4-2-3-5-7-9-11-13-15-20-38(48)49/h33,40H,2-32,39H2,1H3,(H,41,46)(H,42,45)(H,43,47)(H,48,49)/t33-/m0/s1. The highest BCUT2D eigenvalue weighted by atomic mass is 16.5. The molecule has 0 aromatic heterocycles. The first kappa shape index (κ1) is 50.3. The van der Waals surface area contributed by atoms with Crippen molar-refractivity contribution in [2.75, 3.05) is 86.1 Å². The lowest BCUT2D eigenvalue weighted by Gasteiger charge is -2.13. The molecule has 0 aromatic carbocycles. The summed E-state index contributed by atoms with van der Waals surface area (Å²) in [7, 11) is 1.73. The maximum absolute atomic E-state index is 12.0. The van der Waals surface area contributed by atoms with Crippen molar-refractivity contribution < 1.29 is 48.0 Å². The normalized spacial score (nSPS) is 11.7. The largest absolute Gasteiger partial charge is 0.481 e. The van der Waals surface area contributed by atoms with Crippen molar-refractivity contribution in [2.45, 2.75) is 128 Å². The van der Waals surface area contributed by atoms with Crippen LogP contribution in [0.2, 0.25) is 0 Å². The second-order valence-corrected chi connectivity index (χ2v) is 13.2. The number of likely N-dealkylation sites (N-methyl/N-ethyl adjacent to an activating group) is 1. The minimum absolute atomic E-state index is 0.0171. The number of ether oxygens (including phenoxy) is 4. The Bertz CT molecular complexity index is 928. The van der Waals surface area contributed by atoms with Gasteiger partial charge in [-0.3, -0.25) is 24.0 Å². The van der Waals surface area contributed by atoms with Gasteiger partial charge in [0.15, 0.2) is 5.78 Å². The van der Waals surface area contributed by atoms with Crippen LogP contribution in [-0.4, -0.2) is 127 Å². The van der Waals surface area contributed by atoms with Crippen LogP contribution in [0.5, 0.6) is 0 Å². The Balaban J connectivity index is 3.37. The lowest BCUT2D eigenvalue weighted by atomic mass is 10.0. The summed E-state index contributed by atoms with van der Waals surface area (Å²) in [5.41, 5.74) is 5.39. The Labute approximate surface area is 318 Å². The van der Waals surface area contributed by atoms with E-state index in [1.54, 1.807) is 7.05 Å². The van der Waals surface area contributed by atoms with Crippen LogP contribution in [0.4, 0.5) is 0 Å². The minimum atomic E-state index is -0.693. The molecule has 0 bridgehead atoms. The van der Waals surface area contributed by atoms with Gasteiger partial charge in [-0.2, -0.15) is 0 Å². The molecule has 7 N–H and O–H groups in total. The summed E-state index contributed by atoms with van der Waals surface area (Å²) in [5, 5.41) is 19.9. The molecule has 0 fully saturated rings. The quantitative estimate of drug-likeness (QED) is 0.0496. The molecule has 0 saturated heterocycles. The molecule has 53 heavy (non-hydrogen) atoms. The second-order valence-electron chi connectivity index (χ2n) is 13.2. The van der Waals surface area contributed by atoms with Crippen LogP contribution in [0.25, 0.3) is 0 Å². The highest BCUT2D eigenvalue weighted by molar-refractivity contribution is 5.85. The number of ketones is 1. The topological polar surface area (TPSA) is 217 Å².